The molecule has 0 radical (unpaired) electrons. The number of aromatic amines is 1. The highest BCUT2D eigenvalue weighted by atomic mass is 16.3. The van der Waals surface area contributed by atoms with Crippen molar-refractivity contribution in [3.05, 3.63) is 46.4 Å². The van der Waals surface area contributed by atoms with Crippen molar-refractivity contribution in [3.8, 4) is 11.4 Å². The topological polar surface area (TPSA) is 78.2 Å². The largest absolute Gasteiger partial charge is 0.508 e. The van der Waals surface area contributed by atoms with Crippen LogP contribution in [0.3, 0.4) is 0 Å². The molecule has 2 aromatic rings. The molecular formula is C11H12N2O3. The van der Waals surface area contributed by atoms with Crippen molar-refractivity contribution < 1.29 is 10.2 Å². The number of phenolic OH excluding ortho intramolecular Hbond substituents is 1. The van der Waals surface area contributed by atoms with Crippen LogP contribution in [0, 0.1) is 0 Å². The van der Waals surface area contributed by atoms with Crippen molar-refractivity contribution in [2.45, 2.75) is 6.42 Å². The fourth-order valence-corrected chi connectivity index (χ4v) is 1.50. The number of hydrogen-bond acceptors (Lipinski definition) is 3. The minimum Gasteiger partial charge on any atom is -0.508 e. The predicted molar refractivity (Wildman–Crippen MR) is 58.8 cm³/mol. The number of aliphatic hydroxyl groups is 1. The quantitative estimate of drug-likeness (QED) is 0.700. The molecule has 1 aromatic heterocycles. The monoisotopic (exact) mass is 220 g/mol. The van der Waals surface area contributed by atoms with Crippen molar-refractivity contribution in [2.24, 2.45) is 0 Å². The molecule has 3 N–H and O–H groups in total. The lowest BCUT2D eigenvalue weighted by Crippen LogP contribution is -2.17. The molecule has 16 heavy (non-hydrogen) atoms. The lowest BCUT2D eigenvalue weighted by atomic mass is 10.2. The number of hydrogen-bond donors (Lipinski definition) is 3. The highest BCUT2D eigenvalue weighted by molar-refractivity contribution is 5.36. The molecule has 2 rings (SSSR count). The number of aromatic nitrogens is 2. The maximum absolute atomic E-state index is 11.8. The van der Waals surface area contributed by atoms with Crippen LogP contribution >= 0.6 is 0 Å². The van der Waals surface area contributed by atoms with E-state index in [2.05, 4.69) is 5.10 Å². The van der Waals surface area contributed by atoms with Gasteiger partial charge in [-0.15, -0.1) is 0 Å². The second kappa shape index (κ2) is 4.24. The first-order valence-corrected chi connectivity index (χ1v) is 4.92. The number of benzene rings is 1. The van der Waals surface area contributed by atoms with E-state index in [1.54, 1.807) is 18.3 Å². The molecule has 0 spiro atoms. The Morgan fingerprint density at radius 1 is 1.25 bits per heavy atom. The summed E-state index contributed by atoms with van der Waals surface area (Å²) in [5.74, 6) is 0.152. The van der Waals surface area contributed by atoms with Gasteiger partial charge < -0.3 is 10.2 Å². The zero-order chi connectivity index (χ0) is 11.5. The Labute approximate surface area is 91.6 Å². The van der Waals surface area contributed by atoms with Crippen LogP contribution in [0.2, 0.25) is 0 Å². The first-order chi connectivity index (χ1) is 7.72. The van der Waals surface area contributed by atoms with Gasteiger partial charge in [-0.1, -0.05) is 0 Å². The van der Waals surface area contributed by atoms with Gasteiger partial charge in [-0.3, -0.25) is 9.89 Å². The van der Waals surface area contributed by atoms with Crippen molar-refractivity contribution >= 4 is 0 Å². The second-order valence-electron chi connectivity index (χ2n) is 3.43. The van der Waals surface area contributed by atoms with E-state index in [0.29, 0.717) is 17.7 Å². The zero-order valence-electron chi connectivity index (χ0n) is 8.55. The van der Waals surface area contributed by atoms with Crippen LogP contribution in [0.25, 0.3) is 5.69 Å². The Morgan fingerprint density at radius 2 is 1.94 bits per heavy atom. The third-order valence-electron chi connectivity index (χ3n) is 2.33. The fraction of sp³-hybridized carbons (Fsp3) is 0.182. The molecule has 5 heteroatoms. The third kappa shape index (κ3) is 1.85. The summed E-state index contributed by atoms with van der Waals surface area (Å²) < 4.78 is 1.37. The molecule has 0 fully saturated rings. The first-order valence-electron chi connectivity index (χ1n) is 4.92. The van der Waals surface area contributed by atoms with Crippen LogP contribution in [0.4, 0.5) is 0 Å². The number of phenols is 1. The summed E-state index contributed by atoms with van der Waals surface area (Å²) in [6, 6.07) is 6.29. The molecule has 0 atom stereocenters. The molecular weight excluding hydrogens is 208 g/mol. The first kappa shape index (κ1) is 10.5. The number of nitrogens with zero attached hydrogens (tertiary/aromatic N) is 1. The molecule has 0 saturated heterocycles. The predicted octanol–water partition coefficient (Wildman–Crippen LogP) is 0.406. The molecule has 84 valence electrons. The minimum atomic E-state index is -0.181. The van der Waals surface area contributed by atoms with Crippen LogP contribution in [0.5, 0.6) is 5.75 Å². The van der Waals surface area contributed by atoms with Gasteiger partial charge in [-0.2, -0.15) is 0 Å². The van der Waals surface area contributed by atoms with E-state index in [-0.39, 0.29) is 17.9 Å². The van der Waals surface area contributed by atoms with Gasteiger partial charge in [0.05, 0.1) is 5.69 Å². The van der Waals surface area contributed by atoms with Crippen molar-refractivity contribution in [1.29, 1.82) is 0 Å². The molecule has 0 aliphatic rings. The number of nitrogens with one attached hydrogen (secondary N) is 1. The summed E-state index contributed by atoms with van der Waals surface area (Å²) in [6.07, 6.45) is 1.91. The standard InChI is InChI=1S/C11H12N2O3/c14-6-5-8-7-12-13(11(8)16)9-1-3-10(15)4-2-9/h1-4,7,12,14-15H,5-6H2. The Balaban J connectivity index is 2.41. The van der Waals surface area contributed by atoms with E-state index in [9.17, 15) is 4.79 Å². The van der Waals surface area contributed by atoms with Crippen LogP contribution in [-0.2, 0) is 6.42 Å². The maximum atomic E-state index is 11.8. The van der Waals surface area contributed by atoms with Gasteiger partial charge in [0.15, 0.2) is 0 Å². The summed E-state index contributed by atoms with van der Waals surface area (Å²) in [7, 11) is 0. The van der Waals surface area contributed by atoms with Gasteiger partial charge in [0, 0.05) is 24.8 Å². The van der Waals surface area contributed by atoms with Gasteiger partial charge in [-0.25, -0.2) is 4.68 Å². The Bertz CT molecular complexity index is 525. The smallest absolute Gasteiger partial charge is 0.274 e. The van der Waals surface area contributed by atoms with E-state index in [1.165, 1.54) is 16.8 Å². The molecule has 0 aliphatic heterocycles. The summed E-state index contributed by atoms with van der Waals surface area (Å²) in [6.45, 7) is -0.0529. The number of aromatic hydroxyl groups is 1. The van der Waals surface area contributed by atoms with Crippen LogP contribution in [-0.4, -0.2) is 26.6 Å². The summed E-state index contributed by atoms with van der Waals surface area (Å²) in [5, 5.41) is 20.7. The molecule has 0 saturated carbocycles. The van der Waals surface area contributed by atoms with Gasteiger partial charge in [0.25, 0.3) is 5.56 Å². The lowest BCUT2D eigenvalue weighted by Gasteiger charge is -2.00. The van der Waals surface area contributed by atoms with E-state index in [0.717, 1.165) is 0 Å². The third-order valence-corrected chi connectivity index (χ3v) is 2.33. The van der Waals surface area contributed by atoms with E-state index in [1.807, 2.05) is 0 Å². The van der Waals surface area contributed by atoms with Crippen molar-refractivity contribution in [2.75, 3.05) is 6.61 Å². The van der Waals surface area contributed by atoms with E-state index >= 15 is 0 Å². The van der Waals surface area contributed by atoms with Crippen molar-refractivity contribution in [3.63, 3.8) is 0 Å². The number of aliphatic hydroxyl groups excluding tert-OH is 1. The minimum absolute atomic E-state index is 0.0529. The molecule has 0 amide bonds. The molecule has 0 aliphatic carbocycles. The SMILES string of the molecule is O=c1c(CCO)c[nH]n1-c1ccc(O)cc1. The van der Waals surface area contributed by atoms with Gasteiger partial charge in [-0.05, 0) is 24.3 Å². The lowest BCUT2D eigenvalue weighted by molar-refractivity contribution is 0.299. The summed E-state index contributed by atoms with van der Waals surface area (Å²) in [4.78, 5) is 11.8. The maximum Gasteiger partial charge on any atom is 0.274 e. The van der Waals surface area contributed by atoms with E-state index < -0.39 is 0 Å². The number of rotatable bonds is 3. The van der Waals surface area contributed by atoms with Gasteiger partial charge >= 0.3 is 0 Å². The highest BCUT2D eigenvalue weighted by Crippen LogP contribution is 2.11. The van der Waals surface area contributed by atoms with Crippen LogP contribution < -0.4 is 5.56 Å². The Hall–Kier alpha value is -2.01. The summed E-state index contributed by atoms with van der Waals surface area (Å²) >= 11 is 0. The average molecular weight is 220 g/mol. The molecule has 0 unspecified atom stereocenters. The molecule has 5 nitrogen and oxygen atoms in total. The second-order valence-corrected chi connectivity index (χ2v) is 3.43. The fourth-order valence-electron chi connectivity index (χ4n) is 1.50. The zero-order valence-corrected chi connectivity index (χ0v) is 8.55. The summed E-state index contributed by atoms with van der Waals surface area (Å²) in [5.41, 5.74) is 1.00. The highest BCUT2D eigenvalue weighted by Gasteiger charge is 2.06. The normalized spacial score (nSPS) is 10.6. The Kier molecular flexibility index (Phi) is 2.78. The van der Waals surface area contributed by atoms with Crippen molar-refractivity contribution in [1.82, 2.24) is 9.78 Å². The molecule has 0 bridgehead atoms. The van der Waals surface area contributed by atoms with Crippen LogP contribution in [0.1, 0.15) is 5.56 Å². The average Bonchev–Trinajstić information content (AvgIpc) is 2.63. The van der Waals surface area contributed by atoms with Gasteiger partial charge in [0.2, 0.25) is 0 Å². The molecule has 1 aromatic carbocycles. The van der Waals surface area contributed by atoms with Gasteiger partial charge in [0.1, 0.15) is 5.75 Å². The van der Waals surface area contributed by atoms with Crippen LogP contribution in [0.15, 0.2) is 35.3 Å². The van der Waals surface area contributed by atoms with E-state index in [4.69, 9.17) is 10.2 Å². The molecule has 1 heterocycles. The number of H-pyrrole nitrogens is 1. The Morgan fingerprint density at radius 3 is 2.56 bits per heavy atom.